The van der Waals surface area contributed by atoms with Gasteiger partial charge in [-0.1, -0.05) is 58.9 Å². The fourth-order valence-electron chi connectivity index (χ4n) is 5.24. The fraction of sp³-hybridized carbons (Fsp3) is 0.333. The first kappa shape index (κ1) is 32.9. The van der Waals surface area contributed by atoms with Gasteiger partial charge in [-0.25, -0.2) is 26.3 Å². The van der Waals surface area contributed by atoms with E-state index in [1.165, 1.54) is 0 Å². The van der Waals surface area contributed by atoms with Gasteiger partial charge in [0.2, 0.25) is 0 Å². The van der Waals surface area contributed by atoms with Gasteiger partial charge < -0.3 is 13.7 Å². The molecule has 0 N–H and O–H groups in total. The van der Waals surface area contributed by atoms with E-state index in [1.807, 2.05) is 0 Å². The van der Waals surface area contributed by atoms with Crippen molar-refractivity contribution in [2.24, 2.45) is 0 Å². The Labute approximate surface area is 247 Å². The molecule has 3 aromatic carbocycles. The molecule has 0 radical (unpaired) electrons. The summed E-state index contributed by atoms with van der Waals surface area (Å²) in [6, 6.07) is 6.45. The smallest absolute Gasteiger partial charge is 0.445 e. The SMILES string of the molecule is C[Si](C)(C)c1c(F)cc(B2OB(c3cc(F)c([Si](C)(C)C)c(F)c3)OB(c3cc(F)c([Si](C)(C)C)c(F)c3)O2)cc1F. The van der Waals surface area contributed by atoms with Crippen LogP contribution in [0.15, 0.2) is 36.4 Å². The molecule has 0 spiro atoms. The van der Waals surface area contributed by atoms with Crippen molar-refractivity contribution in [3.63, 3.8) is 0 Å². The molecule has 0 atom stereocenters. The highest BCUT2D eigenvalue weighted by Gasteiger charge is 2.45. The van der Waals surface area contributed by atoms with Gasteiger partial charge in [-0.3, -0.25) is 0 Å². The highest BCUT2D eigenvalue weighted by Crippen LogP contribution is 2.17. The number of rotatable bonds is 6. The maximum atomic E-state index is 15.2. The van der Waals surface area contributed by atoms with Crippen LogP contribution in [0, 0.1) is 34.9 Å². The first-order chi connectivity index (χ1) is 19.2. The standard InChI is InChI=1S/C27H33B3F6O3Si3/c1-40(2,3)25-19(31)10-16(11-20(25)32)28-37-29(17-12-21(33)26(22(34)13-17)41(4,5)6)39-30(38-28)18-14-23(35)27(24(36)15-18)42(7,8)9/h10-15H,1-9H3. The van der Waals surface area contributed by atoms with Gasteiger partial charge in [-0.05, 0) is 52.8 Å². The lowest BCUT2D eigenvalue weighted by Gasteiger charge is -2.32. The second kappa shape index (κ2) is 11.5. The Kier molecular flexibility index (Phi) is 8.98. The summed E-state index contributed by atoms with van der Waals surface area (Å²) in [6.07, 6.45) is 0. The van der Waals surface area contributed by atoms with Gasteiger partial charge in [0.25, 0.3) is 0 Å². The summed E-state index contributed by atoms with van der Waals surface area (Å²) in [5.74, 6) is -4.73. The normalized spacial score (nSPS) is 15.1. The second-order valence-electron chi connectivity index (χ2n) is 13.7. The van der Waals surface area contributed by atoms with E-state index in [0.29, 0.717) is 0 Å². The van der Waals surface area contributed by atoms with Gasteiger partial charge in [0.1, 0.15) is 34.9 Å². The lowest BCUT2D eigenvalue weighted by Crippen LogP contribution is -2.62. The monoisotopic (exact) mass is 636 g/mol. The highest BCUT2D eigenvalue weighted by atomic mass is 28.3. The molecule has 42 heavy (non-hydrogen) atoms. The van der Waals surface area contributed by atoms with Crippen LogP contribution in [0.3, 0.4) is 0 Å². The minimum absolute atomic E-state index is 0.0106. The quantitative estimate of drug-likeness (QED) is 0.306. The lowest BCUT2D eigenvalue weighted by molar-refractivity contribution is 0.308. The summed E-state index contributed by atoms with van der Waals surface area (Å²) in [5.41, 5.74) is -0.195. The van der Waals surface area contributed by atoms with Crippen molar-refractivity contribution in [3.05, 3.63) is 71.3 Å². The molecule has 4 rings (SSSR count). The van der Waals surface area contributed by atoms with Crippen LogP contribution in [0.1, 0.15) is 0 Å². The Morgan fingerprint density at radius 3 is 0.690 bits per heavy atom. The Balaban J connectivity index is 1.83. The zero-order valence-electron chi connectivity index (χ0n) is 25.2. The van der Waals surface area contributed by atoms with Crippen LogP contribution >= 0.6 is 0 Å². The molecule has 3 nitrogen and oxygen atoms in total. The molecule has 0 bridgehead atoms. The molecular formula is C27H33B3F6O3Si3. The molecule has 0 aliphatic carbocycles. The van der Waals surface area contributed by atoms with Crippen LogP contribution in [0.2, 0.25) is 58.9 Å². The molecule has 1 aliphatic rings. The molecule has 0 saturated carbocycles. The summed E-state index contributed by atoms with van der Waals surface area (Å²) in [6.45, 7) is 16.1. The highest BCUT2D eigenvalue weighted by molar-refractivity contribution is 6.91. The maximum absolute atomic E-state index is 15.2. The minimum atomic E-state index is -2.41. The predicted molar refractivity (Wildman–Crippen MR) is 167 cm³/mol. The van der Waals surface area contributed by atoms with Crippen LogP contribution in [-0.2, 0) is 13.7 Å². The first-order valence-corrected chi connectivity index (χ1v) is 24.1. The summed E-state index contributed by atoms with van der Waals surface area (Å²) < 4.78 is 109. The van der Waals surface area contributed by atoms with Crippen molar-refractivity contribution in [2.75, 3.05) is 0 Å². The van der Waals surface area contributed by atoms with Crippen LogP contribution in [0.25, 0.3) is 0 Å². The topological polar surface area (TPSA) is 27.7 Å². The van der Waals surface area contributed by atoms with Crippen LogP contribution < -0.4 is 31.9 Å². The Bertz CT molecular complexity index is 1270. The van der Waals surface area contributed by atoms with Crippen molar-refractivity contribution >= 4 is 77.5 Å². The third kappa shape index (κ3) is 6.70. The van der Waals surface area contributed by atoms with E-state index in [-0.39, 0.29) is 31.9 Å². The lowest BCUT2D eigenvalue weighted by atomic mass is 9.61. The van der Waals surface area contributed by atoms with Crippen LogP contribution in [0.4, 0.5) is 26.3 Å². The molecule has 0 unspecified atom stereocenters. The predicted octanol–water partition coefficient (Wildman–Crippen LogP) is 3.71. The number of hydrogen-bond acceptors (Lipinski definition) is 3. The van der Waals surface area contributed by atoms with E-state index in [0.717, 1.165) is 36.4 Å². The van der Waals surface area contributed by atoms with E-state index in [2.05, 4.69) is 0 Å². The van der Waals surface area contributed by atoms with Gasteiger partial charge in [-0.2, -0.15) is 0 Å². The van der Waals surface area contributed by atoms with Gasteiger partial charge in [-0.15, -0.1) is 0 Å². The van der Waals surface area contributed by atoms with Gasteiger partial charge >= 0.3 is 21.4 Å². The van der Waals surface area contributed by atoms with Crippen molar-refractivity contribution in [2.45, 2.75) is 58.9 Å². The van der Waals surface area contributed by atoms with Gasteiger partial charge in [0.15, 0.2) is 0 Å². The zero-order valence-corrected chi connectivity index (χ0v) is 28.2. The van der Waals surface area contributed by atoms with E-state index < -0.39 is 80.5 Å². The number of hydrogen-bond donors (Lipinski definition) is 0. The van der Waals surface area contributed by atoms with Crippen molar-refractivity contribution in [3.8, 4) is 0 Å². The van der Waals surface area contributed by atoms with Crippen molar-refractivity contribution < 1.29 is 40.1 Å². The van der Waals surface area contributed by atoms with Crippen molar-refractivity contribution in [1.82, 2.24) is 0 Å². The summed E-state index contributed by atoms with van der Waals surface area (Å²) >= 11 is 0. The largest absolute Gasteiger partial charge is 0.467 e. The minimum Gasteiger partial charge on any atom is -0.445 e. The van der Waals surface area contributed by atoms with E-state index >= 15 is 26.3 Å². The fourth-order valence-corrected chi connectivity index (χ4v) is 9.97. The Morgan fingerprint density at radius 1 is 0.381 bits per heavy atom. The number of halogens is 6. The molecular weight excluding hydrogens is 603 g/mol. The molecule has 222 valence electrons. The van der Waals surface area contributed by atoms with Crippen LogP contribution in [-0.4, -0.2) is 45.6 Å². The molecule has 3 aromatic rings. The molecule has 15 heteroatoms. The average molecular weight is 636 g/mol. The molecule has 1 aliphatic heterocycles. The Morgan fingerprint density at radius 2 is 0.548 bits per heavy atom. The summed E-state index contributed by atoms with van der Waals surface area (Å²) in [7, 11) is -11.7. The second-order valence-corrected chi connectivity index (χ2v) is 28.7. The van der Waals surface area contributed by atoms with Crippen LogP contribution in [0.5, 0.6) is 0 Å². The van der Waals surface area contributed by atoms with Gasteiger partial charge in [0, 0.05) is 15.6 Å². The average Bonchev–Trinajstić information content (AvgIpc) is 2.79. The van der Waals surface area contributed by atoms with E-state index in [9.17, 15) is 0 Å². The molecule has 0 aromatic heterocycles. The van der Waals surface area contributed by atoms with Gasteiger partial charge in [0.05, 0.1) is 24.2 Å². The third-order valence-electron chi connectivity index (χ3n) is 7.00. The number of benzene rings is 3. The zero-order chi connectivity index (χ0) is 31.5. The molecule has 0 amide bonds. The van der Waals surface area contributed by atoms with Crippen molar-refractivity contribution in [1.29, 1.82) is 0 Å². The summed E-state index contributed by atoms with van der Waals surface area (Å²) in [4.78, 5) is 0. The summed E-state index contributed by atoms with van der Waals surface area (Å²) in [5, 5.41) is -0.0318. The maximum Gasteiger partial charge on any atom is 0.467 e. The molecule has 1 saturated heterocycles. The van der Waals surface area contributed by atoms with E-state index in [4.69, 9.17) is 13.7 Å². The van der Waals surface area contributed by atoms with E-state index in [1.54, 1.807) is 58.9 Å². The first-order valence-electron chi connectivity index (χ1n) is 13.6. The molecule has 1 fully saturated rings. The molecule has 1 heterocycles. The third-order valence-corrected chi connectivity index (χ3v) is 12.9. The Hall–Kier alpha value is -2.03.